The van der Waals surface area contributed by atoms with Crippen LogP contribution in [0.4, 0.5) is 14.5 Å². The molecule has 1 aliphatic rings. The van der Waals surface area contributed by atoms with Gasteiger partial charge in [-0.15, -0.1) is 0 Å². The maximum Gasteiger partial charge on any atom is 0.292 e. The first-order valence-corrected chi connectivity index (χ1v) is 8.56. The predicted molar refractivity (Wildman–Crippen MR) is 93.7 cm³/mol. The highest BCUT2D eigenvalue weighted by Gasteiger charge is 2.26. The lowest BCUT2D eigenvalue weighted by Gasteiger charge is -2.17. The molecule has 26 heavy (non-hydrogen) atoms. The summed E-state index contributed by atoms with van der Waals surface area (Å²) in [5.41, 5.74) is -0.599. The Hall–Kier alpha value is -2.48. The van der Waals surface area contributed by atoms with Crippen LogP contribution in [0.15, 0.2) is 29.2 Å². The van der Waals surface area contributed by atoms with Gasteiger partial charge in [0, 0.05) is 31.6 Å². The molecule has 0 radical (unpaired) electrons. The Balaban J connectivity index is 1.82. The first-order chi connectivity index (χ1) is 12.4. The number of nitrogens with one attached hydrogen (secondary N) is 1. The van der Waals surface area contributed by atoms with E-state index in [9.17, 15) is 18.4 Å². The molecule has 1 aromatic heterocycles. The molecule has 1 unspecified atom stereocenters. The summed E-state index contributed by atoms with van der Waals surface area (Å²) in [6.45, 7) is 2.95. The van der Waals surface area contributed by atoms with Crippen LogP contribution in [0.25, 0.3) is 5.69 Å². The normalized spacial score (nSPS) is 16.8. The molecule has 0 aliphatic carbocycles. The highest BCUT2D eigenvalue weighted by molar-refractivity contribution is 6.33. The molecule has 1 aromatic carbocycles. The number of nitrogens with zero attached hydrogens (tertiary/aromatic N) is 3. The third-order valence-corrected chi connectivity index (χ3v) is 4.63. The summed E-state index contributed by atoms with van der Waals surface area (Å²) in [6, 6.07) is 2.77. The van der Waals surface area contributed by atoms with Crippen LogP contribution >= 0.6 is 11.6 Å². The van der Waals surface area contributed by atoms with Crippen molar-refractivity contribution in [1.29, 1.82) is 0 Å². The van der Waals surface area contributed by atoms with E-state index < -0.39 is 17.2 Å². The lowest BCUT2D eigenvalue weighted by molar-refractivity contribution is -0.129. The van der Waals surface area contributed by atoms with E-state index in [1.54, 1.807) is 11.8 Å². The topological polar surface area (TPSA) is 67.2 Å². The van der Waals surface area contributed by atoms with Gasteiger partial charge < -0.3 is 10.2 Å². The number of carbonyl (C=O) groups is 1. The summed E-state index contributed by atoms with van der Waals surface area (Å²) in [6.07, 6.45) is 2.48. The average molecular weight is 383 g/mol. The fraction of sp³-hybridized carbons (Fsp3) is 0.353. The molecular formula is C17H17ClF2N4O2. The molecule has 0 saturated carbocycles. The van der Waals surface area contributed by atoms with Gasteiger partial charge in [0.15, 0.2) is 5.82 Å². The number of rotatable bonds is 4. The van der Waals surface area contributed by atoms with Gasteiger partial charge in [0.25, 0.3) is 5.56 Å². The zero-order valence-electron chi connectivity index (χ0n) is 14.0. The van der Waals surface area contributed by atoms with Gasteiger partial charge in [-0.25, -0.2) is 8.78 Å². The van der Waals surface area contributed by atoms with Crippen molar-refractivity contribution >= 4 is 23.2 Å². The van der Waals surface area contributed by atoms with E-state index in [-0.39, 0.29) is 22.7 Å². The fourth-order valence-corrected chi connectivity index (χ4v) is 3.09. The minimum atomic E-state index is -0.916. The van der Waals surface area contributed by atoms with Crippen molar-refractivity contribution in [2.24, 2.45) is 0 Å². The first kappa shape index (κ1) is 18.3. The number of hydrogen-bond acceptors (Lipinski definition) is 4. The van der Waals surface area contributed by atoms with Crippen molar-refractivity contribution in [3.8, 4) is 5.69 Å². The zero-order chi connectivity index (χ0) is 18.8. The second-order valence-corrected chi connectivity index (χ2v) is 6.39. The highest BCUT2D eigenvalue weighted by atomic mass is 35.5. The van der Waals surface area contributed by atoms with Crippen LogP contribution in [0.2, 0.25) is 5.02 Å². The zero-order valence-corrected chi connectivity index (χ0v) is 14.8. The van der Waals surface area contributed by atoms with Crippen LogP contribution in [0, 0.1) is 11.6 Å². The van der Waals surface area contributed by atoms with Gasteiger partial charge in [-0.05, 0) is 18.6 Å². The van der Waals surface area contributed by atoms with Gasteiger partial charge in [0.1, 0.15) is 16.5 Å². The summed E-state index contributed by atoms with van der Waals surface area (Å²) >= 11 is 6.12. The van der Waals surface area contributed by atoms with Gasteiger partial charge in [0.2, 0.25) is 5.91 Å². The number of aromatic nitrogens is 2. The summed E-state index contributed by atoms with van der Waals surface area (Å²) in [5.74, 6) is -1.60. The Labute approximate surface area is 153 Å². The molecule has 0 bridgehead atoms. The smallest absolute Gasteiger partial charge is 0.292 e. The standard InChI is InChI=1S/C17H17ClF2N4O2/c1-2-15(25)23-6-5-11(9-23)22-13-8-21-24(17(26)16(13)18)14-4-3-10(19)7-12(14)20/h3-4,7-8,11,22H,2,5-6,9H2,1H3. The maximum absolute atomic E-state index is 13.9. The van der Waals surface area contributed by atoms with E-state index in [0.717, 1.165) is 23.2 Å². The predicted octanol–water partition coefficient (Wildman–Crippen LogP) is 2.59. The number of carbonyl (C=O) groups excluding carboxylic acids is 1. The minimum Gasteiger partial charge on any atom is -0.378 e. The summed E-state index contributed by atoms with van der Waals surface area (Å²) < 4.78 is 27.7. The third kappa shape index (κ3) is 3.55. The number of hydrogen-bond donors (Lipinski definition) is 1. The third-order valence-electron chi connectivity index (χ3n) is 4.26. The molecule has 1 amide bonds. The number of amides is 1. The fourth-order valence-electron chi connectivity index (χ4n) is 2.91. The van der Waals surface area contributed by atoms with Gasteiger partial charge in [-0.2, -0.15) is 9.78 Å². The van der Waals surface area contributed by atoms with Gasteiger partial charge in [-0.3, -0.25) is 9.59 Å². The quantitative estimate of drug-likeness (QED) is 0.882. The Morgan fingerprint density at radius 2 is 2.19 bits per heavy atom. The SMILES string of the molecule is CCC(=O)N1CCC(Nc2cnn(-c3ccc(F)cc3F)c(=O)c2Cl)C1. The summed E-state index contributed by atoms with van der Waals surface area (Å²) in [7, 11) is 0. The molecule has 1 fully saturated rings. The lowest BCUT2D eigenvalue weighted by atomic mass is 10.2. The first-order valence-electron chi connectivity index (χ1n) is 8.18. The number of anilines is 1. The molecule has 1 atom stereocenters. The van der Waals surface area contributed by atoms with Crippen molar-refractivity contribution in [3.63, 3.8) is 0 Å². The molecule has 0 spiro atoms. The molecular weight excluding hydrogens is 366 g/mol. The molecule has 3 rings (SSSR count). The number of likely N-dealkylation sites (tertiary alicyclic amines) is 1. The highest BCUT2D eigenvalue weighted by Crippen LogP contribution is 2.22. The van der Waals surface area contributed by atoms with Crippen molar-refractivity contribution in [2.75, 3.05) is 18.4 Å². The van der Waals surface area contributed by atoms with E-state index in [0.29, 0.717) is 31.3 Å². The monoisotopic (exact) mass is 382 g/mol. The molecule has 6 nitrogen and oxygen atoms in total. The van der Waals surface area contributed by atoms with Crippen LogP contribution in [0.5, 0.6) is 0 Å². The van der Waals surface area contributed by atoms with Crippen molar-refractivity contribution in [2.45, 2.75) is 25.8 Å². The lowest BCUT2D eigenvalue weighted by Crippen LogP contribution is -2.31. The Kier molecular flexibility index (Phi) is 5.22. The molecule has 1 N–H and O–H groups in total. The van der Waals surface area contributed by atoms with Crippen LogP contribution < -0.4 is 10.9 Å². The molecule has 1 aliphatic heterocycles. The van der Waals surface area contributed by atoms with Gasteiger partial charge >= 0.3 is 0 Å². The number of halogens is 3. The summed E-state index contributed by atoms with van der Waals surface area (Å²) in [4.78, 5) is 25.9. The van der Waals surface area contributed by atoms with Crippen LogP contribution in [0.3, 0.4) is 0 Å². The van der Waals surface area contributed by atoms with Crippen LogP contribution in [-0.2, 0) is 4.79 Å². The number of benzene rings is 1. The van der Waals surface area contributed by atoms with Crippen molar-refractivity contribution in [1.82, 2.24) is 14.7 Å². The summed E-state index contributed by atoms with van der Waals surface area (Å²) in [5, 5.41) is 6.88. The second kappa shape index (κ2) is 7.41. The van der Waals surface area contributed by atoms with E-state index in [1.165, 1.54) is 6.20 Å². The molecule has 9 heteroatoms. The van der Waals surface area contributed by atoms with E-state index >= 15 is 0 Å². The largest absolute Gasteiger partial charge is 0.378 e. The average Bonchev–Trinajstić information content (AvgIpc) is 3.08. The molecule has 138 valence electrons. The van der Waals surface area contributed by atoms with Gasteiger partial charge in [0.05, 0.1) is 11.9 Å². The van der Waals surface area contributed by atoms with Crippen LogP contribution in [0.1, 0.15) is 19.8 Å². The Morgan fingerprint density at radius 3 is 2.88 bits per heavy atom. The Bertz CT molecular complexity index is 903. The molecule has 2 aromatic rings. The van der Waals surface area contributed by atoms with E-state index in [2.05, 4.69) is 10.4 Å². The van der Waals surface area contributed by atoms with Crippen molar-refractivity contribution < 1.29 is 13.6 Å². The molecule has 2 heterocycles. The minimum absolute atomic E-state index is 0.0531. The maximum atomic E-state index is 13.9. The molecule has 1 saturated heterocycles. The van der Waals surface area contributed by atoms with Crippen LogP contribution in [-0.4, -0.2) is 39.7 Å². The second-order valence-electron chi connectivity index (χ2n) is 6.01. The van der Waals surface area contributed by atoms with Gasteiger partial charge in [-0.1, -0.05) is 18.5 Å². The van der Waals surface area contributed by atoms with E-state index in [1.807, 2.05) is 0 Å². The Morgan fingerprint density at radius 1 is 1.42 bits per heavy atom. The van der Waals surface area contributed by atoms with Crippen molar-refractivity contribution in [3.05, 3.63) is 51.4 Å². The van der Waals surface area contributed by atoms with E-state index in [4.69, 9.17) is 11.6 Å².